The van der Waals surface area contributed by atoms with Crippen LogP contribution in [0.5, 0.6) is 0 Å². The first-order chi connectivity index (χ1) is 9.08. The van der Waals surface area contributed by atoms with Gasteiger partial charge in [-0.2, -0.15) is 0 Å². The summed E-state index contributed by atoms with van der Waals surface area (Å²) in [6, 6.07) is -0.966. The number of methoxy groups -OCH3 is 2. The summed E-state index contributed by atoms with van der Waals surface area (Å²) in [6.45, 7) is 0. The minimum Gasteiger partial charge on any atom is -0.469 e. The Labute approximate surface area is 112 Å². The van der Waals surface area contributed by atoms with E-state index in [0.717, 1.165) is 32.1 Å². The Morgan fingerprint density at radius 2 is 1.74 bits per heavy atom. The summed E-state index contributed by atoms with van der Waals surface area (Å²) in [6.07, 6.45) is 4.65. The molecule has 6 heteroatoms. The summed E-state index contributed by atoms with van der Waals surface area (Å²) in [5, 5.41) is 2.59. The molecule has 1 saturated carbocycles. The summed E-state index contributed by atoms with van der Waals surface area (Å²) >= 11 is 0. The number of esters is 2. The zero-order chi connectivity index (χ0) is 14.3. The maximum Gasteiger partial charge on any atom is 0.328 e. The summed E-state index contributed by atoms with van der Waals surface area (Å²) in [4.78, 5) is 34.8. The molecule has 1 atom stereocenters. The molecule has 1 fully saturated rings. The van der Waals surface area contributed by atoms with Gasteiger partial charge in [-0.15, -0.1) is 0 Å². The van der Waals surface area contributed by atoms with Crippen LogP contribution in [0.4, 0.5) is 0 Å². The van der Waals surface area contributed by atoms with E-state index in [9.17, 15) is 14.4 Å². The maximum absolute atomic E-state index is 12.0. The lowest BCUT2D eigenvalue weighted by atomic mass is 9.88. The summed E-state index contributed by atoms with van der Waals surface area (Å²) in [5.74, 6) is -1.44. The van der Waals surface area contributed by atoms with Crippen LogP contribution in [0.3, 0.4) is 0 Å². The highest BCUT2D eigenvalue weighted by molar-refractivity contribution is 5.88. The molecule has 1 aliphatic carbocycles. The van der Waals surface area contributed by atoms with Gasteiger partial charge in [-0.05, 0) is 12.8 Å². The second-order valence-electron chi connectivity index (χ2n) is 4.70. The Kier molecular flexibility index (Phi) is 6.32. The van der Waals surface area contributed by atoms with E-state index < -0.39 is 18.0 Å². The molecule has 0 unspecified atom stereocenters. The standard InChI is InChI=1S/C13H21NO5/c1-18-11(15)8-10(13(17)19-2)14-12(16)9-6-4-3-5-7-9/h9-10H,3-8H2,1-2H3,(H,14,16)/t10-/m1/s1. The van der Waals surface area contributed by atoms with Gasteiger partial charge in [0.2, 0.25) is 5.91 Å². The lowest BCUT2D eigenvalue weighted by molar-refractivity contribution is -0.151. The van der Waals surface area contributed by atoms with Crippen LogP contribution in [0, 0.1) is 5.92 Å². The molecular weight excluding hydrogens is 250 g/mol. The Bertz CT molecular complexity index is 336. The molecule has 6 nitrogen and oxygen atoms in total. The van der Waals surface area contributed by atoms with Crippen LogP contribution in [0.15, 0.2) is 0 Å². The van der Waals surface area contributed by atoms with Gasteiger partial charge >= 0.3 is 11.9 Å². The molecule has 1 rings (SSSR count). The maximum atomic E-state index is 12.0. The van der Waals surface area contributed by atoms with Crippen LogP contribution in [-0.4, -0.2) is 38.1 Å². The van der Waals surface area contributed by atoms with Gasteiger partial charge in [-0.1, -0.05) is 19.3 Å². The van der Waals surface area contributed by atoms with Crippen molar-refractivity contribution in [2.45, 2.75) is 44.6 Å². The molecule has 0 spiro atoms. The third-order valence-corrected chi connectivity index (χ3v) is 3.38. The van der Waals surface area contributed by atoms with Crippen molar-refractivity contribution >= 4 is 17.8 Å². The topological polar surface area (TPSA) is 81.7 Å². The number of hydrogen-bond acceptors (Lipinski definition) is 5. The first kappa shape index (κ1) is 15.5. The number of rotatable bonds is 5. The van der Waals surface area contributed by atoms with Crippen molar-refractivity contribution < 1.29 is 23.9 Å². The van der Waals surface area contributed by atoms with Crippen LogP contribution in [0.2, 0.25) is 0 Å². The highest BCUT2D eigenvalue weighted by Crippen LogP contribution is 2.23. The predicted octanol–water partition coefficient (Wildman–Crippen LogP) is 0.788. The molecule has 0 aromatic carbocycles. The van der Waals surface area contributed by atoms with Crippen LogP contribution < -0.4 is 5.32 Å². The third-order valence-electron chi connectivity index (χ3n) is 3.38. The van der Waals surface area contributed by atoms with E-state index in [1.807, 2.05) is 0 Å². The molecule has 0 heterocycles. The van der Waals surface area contributed by atoms with Crippen molar-refractivity contribution in [3.05, 3.63) is 0 Å². The average Bonchev–Trinajstić information content (AvgIpc) is 2.46. The lowest BCUT2D eigenvalue weighted by Gasteiger charge is -2.23. The minimum atomic E-state index is -0.966. The summed E-state index contributed by atoms with van der Waals surface area (Å²) < 4.78 is 9.09. The van der Waals surface area contributed by atoms with Crippen LogP contribution in [0.25, 0.3) is 0 Å². The second kappa shape index (κ2) is 7.76. The van der Waals surface area contributed by atoms with E-state index in [0.29, 0.717) is 0 Å². The molecule has 0 saturated heterocycles. The van der Waals surface area contributed by atoms with Crippen molar-refractivity contribution in [2.24, 2.45) is 5.92 Å². The molecule has 0 aromatic rings. The normalized spacial score (nSPS) is 17.4. The number of nitrogens with one attached hydrogen (secondary N) is 1. The molecular formula is C13H21NO5. The Morgan fingerprint density at radius 3 is 2.26 bits per heavy atom. The minimum absolute atomic E-state index is 0.0708. The van der Waals surface area contributed by atoms with E-state index in [4.69, 9.17) is 0 Å². The number of carbonyl (C=O) groups is 3. The van der Waals surface area contributed by atoms with E-state index >= 15 is 0 Å². The summed E-state index contributed by atoms with van der Waals surface area (Å²) in [5.41, 5.74) is 0. The van der Waals surface area contributed by atoms with E-state index in [1.54, 1.807) is 0 Å². The fourth-order valence-corrected chi connectivity index (χ4v) is 2.24. The van der Waals surface area contributed by atoms with E-state index in [2.05, 4.69) is 14.8 Å². The van der Waals surface area contributed by atoms with E-state index in [-0.39, 0.29) is 18.2 Å². The van der Waals surface area contributed by atoms with Crippen LogP contribution in [-0.2, 0) is 23.9 Å². The zero-order valence-electron chi connectivity index (χ0n) is 11.4. The van der Waals surface area contributed by atoms with Crippen LogP contribution in [0.1, 0.15) is 38.5 Å². The second-order valence-corrected chi connectivity index (χ2v) is 4.70. The average molecular weight is 271 g/mol. The number of hydrogen-bond donors (Lipinski definition) is 1. The van der Waals surface area contributed by atoms with Gasteiger partial charge in [-0.25, -0.2) is 4.79 Å². The van der Waals surface area contributed by atoms with Gasteiger partial charge in [-0.3, -0.25) is 9.59 Å². The Hall–Kier alpha value is -1.59. The molecule has 1 amide bonds. The van der Waals surface area contributed by atoms with Gasteiger partial charge in [0.05, 0.1) is 20.6 Å². The smallest absolute Gasteiger partial charge is 0.328 e. The third kappa shape index (κ3) is 4.89. The first-order valence-electron chi connectivity index (χ1n) is 6.53. The SMILES string of the molecule is COC(=O)C[C@@H](NC(=O)C1CCCCC1)C(=O)OC. The highest BCUT2D eigenvalue weighted by atomic mass is 16.5. The number of carbonyl (C=O) groups excluding carboxylic acids is 3. The van der Waals surface area contributed by atoms with Gasteiger partial charge in [0, 0.05) is 5.92 Å². The van der Waals surface area contributed by atoms with Crippen molar-refractivity contribution in [2.75, 3.05) is 14.2 Å². The molecule has 0 bridgehead atoms. The molecule has 0 radical (unpaired) electrons. The fraction of sp³-hybridized carbons (Fsp3) is 0.769. The van der Waals surface area contributed by atoms with Crippen molar-refractivity contribution in [3.8, 4) is 0 Å². The largest absolute Gasteiger partial charge is 0.469 e. The van der Waals surface area contributed by atoms with Crippen molar-refractivity contribution in [3.63, 3.8) is 0 Å². The van der Waals surface area contributed by atoms with Gasteiger partial charge < -0.3 is 14.8 Å². The van der Waals surface area contributed by atoms with Crippen molar-refractivity contribution in [1.82, 2.24) is 5.32 Å². The quantitative estimate of drug-likeness (QED) is 0.747. The first-order valence-corrected chi connectivity index (χ1v) is 6.53. The molecule has 0 aromatic heterocycles. The van der Waals surface area contributed by atoms with Crippen LogP contribution >= 0.6 is 0 Å². The zero-order valence-corrected chi connectivity index (χ0v) is 11.4. The Balaban J connectivity index is 2.57. The van der Waals surface area contributed by atoms with E-state index in [1.165, 1.54) is 14.2 Å². The number of amides is 1. The van der Waals surface area contributed by atoms with Gasteiger partial charge in [0.25, 0.3) is 0 Å². The fourth-order valence-electron chi connectivity index (χ4n) is 2.24. The summed E-state index contributed by atoms with van der Waals surface area (Å²) in [7, 11) is 2.46. The molecule has 1 N–H and O–H groups in total. The predicted molar refractivity (Wildman–Crippen MR) is 67.2 cm³/mol. The lowest BCUT2D eigenvalue weighted by Crippen LogP contribution is -2.45. The highest BCUT2D eigenvalue weighted by Gasteiger charge is 2.29. The Morgan fingerprint density at radius 1 is 1.11 bits per heavy atom. The van der Waals surface area contributed by atoms with Gasteiger partial charge in [0.1, 0.15) is 6.04 Å². The molecule has 1 aliphatic rings. The molecule has 0 aliphatic heterocycles. The van der Waals surface area contributed by atoms with Crippen molar-refractivity contribution in [1.29, 1.82) is 0 Å². The molecule has 108 valence electrons. The van der Waals surface area contributed by atoms with Gasteiger partial charge in [0.15, 0.2) is 0 Å². The molecule has 19 heavy (non-hydrogen) atoms. The number of ether oxygens (including phenoxy) is 2. The monoisotopic (exact) mass is 271 g/mol.